The van der Waals surface area contributed by atoms with Crippen LogP contribution in [0.5, 0.6) is 0 Å². The maximum Gasteiger partial charge on any atom is 0.350 e. The Bertz CT molecular complexity index is 817. The van der Waals surface area contributed by atoms with E-state index in [-0.39, 0.29) is 5.97 Å². The second-order valence-electron chi connectivity index (χ2n) is 4.64. The molecule has 0 aliphatic carbocycles. The minimum absolute atomic E-state index is 0.363. The highest BCUT2D eigenvalue weighted by Gasteiger charge is 2.22. The Hall–Kier alpha value is -1.85. The summed E-state index contributed by atoms with van der Waals surface area (Å²) < 4.78 is 6.07. The highest BCUT2D eigenvalue weighted by atomic mass is 32.1. The number of esters is 1. The van der Waals surface area contributed by atoms with Gasteiger partial charge in [0.15, 0.2) is 0 Å². The minimum atomic E-state index is -0.363. The molecule has 1 aromatic carbocycles. The summed E-state index contributed by atoms with van der Waals surface area (Å²) in [4.78, 5) is 13.4. The molecule has 0 aliphatic rings. The van der Waals surface area contributed by atoms with Gasteiger partial charge in [-0.15, -0.1) is 22.7 Å². The van der Waals surface area contributed by atoms with E-state index in [4.69, 9.17) is 10.5 Å². The SMILES string of the molecule is CCc1c(-c2csc3ccccc23)sc(C(=O)OC)c1N. The molecule has 108 valence electrons. The molecule has 2 aromatic heterocycles. The molecule has 0 spiro atoms. The van der Waals surface area contributed by atoms with Crippen molar-refractivity contribution in [2.45, 2.75) is 13.3 Å². The lowest BCUT2D eigenvalue weighted by atomic mass is 10.1. The molecule has 0 radical (unpaired) electrons. The normalized spacial score (nSPS) is 11.0. The van der Waals surface area contributed by atoms with Crippen LogP contribution in [0.15, 0.2) is 29.6 Å². The second kappa shape index (κ2) is 5.50. The molecule has 0 saturated heterocycles. The summed E-state index contributed by atoms with van der Waals surface area (Å²) in [7, 11) is 1.38. The van der Waals surface area contributed by atoms with Gasteiger partial charge in [-0.1, -0.05) is 25.1 Å². The van der Waals surface area contributed by atoms with Crippen molar-refractivity contribution in [3.8, 4) is 10.4 Å². The predicted molar refractivity (Wildman–Crippen MR) is 90.3 cm³/mol. The summed E-state index contributed by atoms with van der Waals surface area (Å²) in [6, 6.07) is 8.27. The van der Waals surface area contributed by atoms with E-state index in [9.17, 15) is 4.79 Å². The van der Waals surface area contributed by atoms with Crippen LogP contribution in [0.2, 0.25) is 0 Å². The van der Waals surface area contributed by atoms with Crippen molar-refractivity contribution >= 4 is 44.4 Å². The van der Waals surface area contributed by atoms with Gasteiger partial charge in [-0.25, -0.2) is 4.79 Å². The Balaban J connectivity index is 2.25. The van der Waals surface area contributed by atoms with Crippen molar-refractivity contribution in [3.05, 3.63) is 40.1 Å². The minimum Gasteiger partial charge on any atom is -0.465 e. The lowest BCUT2D eigenvalue weighted by molar-refractivity contribution is 0.0607. The Morgan fingerprint density at radius 2 is 2.10 bits per heavy atom. The molecule has 21 heavy (non-hydrogen) atoms. The number of hydrogen-bond donors (Lipinski definition) is 1. The fraction of sp³-hybridized carbons (Fsp3) is 0.188. The van der Waals surface area contributed by atoms with Crippen molar-refractivity contribution in [2.75, 3.05) is 12.8 Å². The first-order valence-electron chi connectivity index (χ1n) is 6.63. The summed E-state index contributed by atoms with van der Waals surface area (Å²) >= 11 is 3.13. The first kappa shape index (κ1) is 14.1. The number of nitrogens with two attached hydrogens (primary N) is 1. The van der Waals surface area contributed by atoms with E-state index in [1.54, 1.807) is 11.3 Å². The van der Waals surface area contributed by atoms with Crippen LogP contribution in [-0.4, -0.2) is 13.1 Å². The van der Waals surface area contributed by atoms with Crippen LogP contribution in [-0.2, 0) is 11.2 Å². The van der Waals surface area contributed by atoms with E-state index >= 15 is 0 Å². The maximum atomic E-state index is 11.9. The van der Waals surface area contributed by atoms with Crippen LogP contribution in [0.1, 0.15) is 22.2 Å². The molecule has 3 aromatic rings. The van der Waals surface area contributed by atoms with Crippen LogP contribution in [0.25, 0.3) is 20.5 Å². The van der Waals surface area contributed by atoms with Crippen molar-refractivity contribution in [2.24, 2.45) is 0 Å². The number of fused-ring (bicyclic) bond motifs is 1. The summed E-state index contributed by atoms with van der Waals surface area (Å²) in [6.07, 6.45) is 0.791. The van der Waals surface area contributed by atoms with Crippen molar-refractivity contribution < 1.29 is 9.53 Å². The van der Waals surface area contributed by atoms with E-state index in [0.717, 1.165) is 22.4 Å². The van der Waals surface area contributed by atoms with Crippen LogP contribution in [0.3, 0.4) is 0 Å². The van der Waals surface area contributed by atoms with Gasteiger partial charge in [0.2, 0.25) is 0 Å². The lowest BCUT2D eigenvalue weighted by Gasteiger charge is -2.01. The fourth-order valence-corrected chi connectivity index (χ4v) is 4.73. The molecule has 3 nitrogen and oxygen atoms in total. The number of anilines is 1. The van der Waals surface area contributed by atoms with Gasteiger partial charge in [-0.3, -0.25) is 0 Å². The Labute approximate surface area is 131 Å². The Morgan fingerprint density at radius 1 is 1.33 bits per heavy atom. The van der Waals surface area contributed by atoms with Gasteiger partial charge >= 0.3 is 5.97 Å². The summed E-state index contributed by atoms with van der Waals surface area (Å²) in [5.41, 5.74) is 8.89. The number of rotatable bonds is 3. The molecule has 0 saturated carbocycles. The number of ether oxygens (including phenoxy) is 1. The van der Waals surface area contributed by atoms with Crippen molar-refractivity contribution in [1.29, 1.82) is 0 Å². The molecule has 3 rings (SSSR count). The number of nitrogen functional groups attached to an aromatic ring is 1. The van der Waals surface area contributed by atoms with E-state index in [1.807, 2.05) is 12.1 Å². The molecule has 0 amide bonds. The number of methoxy groups -OCH3 is 1. The summed E-state index contributed by atoms with van der Waals surface area (Å²) in [6.45, 7) is 2.05. The van der Waals surface area contributed by atoms with Gasteiger partial charge in [-0.2, -0.15) is 0 Å². The highest BCUT2D eigenvalue weighted by Crippen LogP contribution is 2.43. The molecule has 0 aliphatic heterocycles. The molecule has 2 heterocycles. The van der Waals surface area contributed by atoms with Crippen molar-refractivity contribution in [1.82, 2.24) is 0 Å². The number of benzene rings is 1. The first-order valence-corrected chi connectivity index (χ1v) is 8.33. The quantitative estimate of drug-likeness (QED) is 0.720. The van der Waals surface area contributed by atoms with Crippen LogP contribution in [0, 0.1) is 0 Å². The number of thiophene rings is 2. The van der Waals surface area contributed by atoms with Gasteiger partial charge in [-0.05, 0) is 18.1 Å². The third-order valence-electron chi connectivity index (χ3n) is 3.50. The number of hydrogen-bond acceptors (Lipinski definition) is 5. The molecular weight excluding hydrogens is 302 g/mol. The van der Waals surface area contributed by atoms with Crippen molar-refractivity contribution in [3.63, 3.8) is 0 Å². The van der Waals surface area contributed by atoms with Gasteiger partial charge < -0.3 is 10.5 Å². The predicted octanol–water partition coefficient (Wildman–Crippen LogP) is 4.56. The largest absolute Gasteiger partial charge is 0.465 e. The third kappa shape index (κ3) is 2.22. The number of carbonyl (C=O) groups is 1. The molecular formula is C16H15NO2S2. The fourth-order valence-electron chi connectivity index (χ4n) is 2.44. The van der Waals surface area contributed by atoms with Crippen LogP contribution >= 0.6 is 22.7 Å². The standard InChI is InChI=1S/C16H15NO2S2/c1-3-9-13(17)15(16(18)19-2)21-14(9)11-8-20-12-7-5-4-6-10(11)12/h4-8H,3,17H2,1-2H3. The highest BCUT2D eigenvalue weighted by molar-refractivity contribution is 7.20. The monoisotopic (exact) mass is 317 g/mol. The molecule has 0 fully saturated rings. The zero-order chi connectivity index (χ0) is 15.0. The van der Waals surface area contributed by atoms with Gasteiger partial charge in [0.1, 0.15) is 4.88 Å². The Morgan fingerprint density at radius 3 is 2.81 bits per heavy atom. The van der Waals surface area contributed by atoms with Crippen LogP contribution < -0.4 is 5.73 Å². The zero-order valence-corrected chi connectivity index (χ0v) is 13.4. The van der Waals surface area contributed by atoms with E-state index in [1.165, 1.54) is 28.5 Å². The third-order valence-corrected chi connectivity index (χ3v) is 5.72. The molecule has 2 N–H and O–H groups in total. The first-order chi connectivity index (χ1) is 10.2. The van der Waals surface area contributed by atoms with Gasteiger partial charge in [0.25, 0.3) is 0 Å². The second-order valence-corrected chi connectivity index (χ2v) is 6.58. The van der Waals surface area contributed by atoms with Crippen LogP contribution in [0.4, 0.5) is 5.69 Å². The average molecular weight is 317 g/mol. The average Bonchev–Trinajstić information content (AvgIpc) is 3.07. The van der Waals surface area contributed by atoms with E-state index < -0.39 is 0 Å². The van der Waals surface area contributed by atoms with Gasteiger partial charge in [0.05, 0.1) is 12.8 Å². The summed E-state index contributed by atoms with van der Waals surface area (Å²) in [5, 5.41) is 3.34. The molecule has 0 bridgehead atoms. The molecule has 0 unspecified atom stereocenters. The Kier molecular flexibility index (Phi) is 3.69. The maximum absolute atomic E-state index is 11.9. The molecule has 0 atom stereocenters. The van der Waals surface area contributed by atoms with E-state index in [0.29, 0.717) is 10.6 Å². The van der Waals surface area contributed by atoms with Gasteiger partial charge in [0, 0.05) is 25.9 Å². The number of carbonyl (C=O) groups excluding carboxylic acids is 1. The molecule has 5 heteroatoms. The lowest BCUT2D eigenvalue weighted by Crippen LogP contribution is -2.02. The zero-order valence-electron chi connectivity index (χ0n) is 11.8. The topological polar surface area (TPSA) is 52.3 Å². The van der Waals surface area contributed by atoms with E-state index in [2.05, 4.69) is 24.4 Å². The summed E-state index contributed by atoms with van der Waals surface area (Å²) in [5.74, 6) is -0.363. The smallest absolute Gasteiger partial charge is 0.350 e.